The van der Waals surface area contributed by atoms with E-state index >= 15 is 0 Å². The molecular formula is Ce2La2Nd2O3Zr2. The Bertz CT molecular complexity index is 25.3. The maximum absolute atomic E-state index is 0. The molecule has 0 aliphatic heterocycles. The van der Waals surface area contributed by atoms with Crippen molar-refractivity contribution in [3.8, 4) is 0 Å². The van der Waals surface area contributed by atoms with Gasteiger partial charge in [0, 0.05) is 207 Å². The summed E-state index contributed by atoms with van der Waals surface area (Å²) < 4.78 is 0. The van der Waals surface area contributed by atoms with Crippen LogP contribution in [0.4, 0.5) is 0 Å². The van der Waals surface area contributed by atoms with Crippen LogP contribution in [0.1, 0.15) is 0 Å². The summed E-state index contributed by atoms with van der Waals surface area (Å²) in [7, 11) is 0. The average molecular weight is 1080 g/mol. The minimum atomic E-state index is 0. The van der Waals surface area contributed by atoms with Crippen LogP contribution in [0.3, 0.4) is 0 Å². The predicted molar refractivity (Wildman–Crippen MR) is 2.06 cm³/mol. The van der Waals surface area contributed by atoms with E-state index < -0.39 is 0 Å². The Morgan fingerprint density at radius 3 is 0.455 bits per heavy atom. The average Bonchev–Trinajstić information content (AvgIpc) is 0. The van der Waals surface area contributed by atoms with Crippen molar-refractivity contribution in [1.29, 1.82) is 0 Å². The van der Waals surface area contributed by atoms with Crippen LogP contribution in [0.5, 0.6) is 0 Å². The summed E-state index contributed by atoms with van der Waals surface area (Å²) in [5.74, 6) is 0. The van der Waals surface area contributed by atoms with Crippen LogP contribution in [0, 0.1) is 236 Å². The van der Waals surface area contributed by atoms with E-state index in [4.69, 9.17) is 0 Å². The van der Waals surface area contributed by atoms with Gasteiger partial charge in [-0.25, -0.2) is 0 Å². The molecule has 11 heavy (non-hydrogen) atoms. The molecule has 3 nitrogen and oxygen atoms in total. The minimum absolute atomic E-state index is 0. The molecule has 0 heterocycles. The molecule has 0 bridgehead atoms. The topological polar surface area (TPSA) is 85.5 Å². The van der Waals surface area contributed by atoms with Crippen LogP contribution in [0.15, 0.2) is 0 Å². The Morgan fingerprint density at radius 1 is 0.455 bits per heavy atom. The summed E-state index contributed by atoms with van der Waals surface area (Å²) in [6, 6.07) is 0. The van der Waals surface area contributed by atoms with E-state index in [0.717, 1.165) is 0 Å². The van der Waals surface area contributed by atoms with Crippen molar-refractivity contribution in [3.05, 3.63) is 0 Å². The monoisotopic (exact) mass is 1070 g/mol. The first kappa shape index (κ1) is 86.4. The van der Waals surface area contributed by atoms with E-state index in [2.05, 4.69) is 0 Å². The Morgan fingerprint density at radius 2 is 0.455 bits per heavy atom. The molecule has 0 aliphatic carbocycles. The fourth-order valence-electron chi connectivity index (χ4n) is 0. The summed E-state index contributed by atoms with van der Waals surface area (Å²) >= 11 is 0. The van der Waals surface area contributed by atoms with E-state index in [1.165, 1.54) is 0 Å². The van der Waals surface area contributed by atoms with Gasteiger partial charge in [0.05, 0.1) is 0 Å². The first-order valence-corrected chi connectivity index (χ1v) is 0. The maximum atomic E-state index is 0. The summed E-state index contributed by atoms with van der Waals surface area (Å²) in [6.45, 7) is 0. The van der Waals surface area contributed by atoms with Gasteiger partial charge in [0.15, 0.2) is 0 Å². The van der Waals surface area contributed by atoms with Gasteiger partial charge in [0.25, 0.3) is 0 Å². The molecule has 0 aromatic heterocycles. The fraction of sp³-hybridized carbons (Fsp3) is 0. The molecule has 0 unspecified atom stereocenters. The zero-order valence-corrected chi connectivity index (χ0v) is 30.2. The molecule has 0 N–H and O–H groups in total. The Balaban J connectivity index is 0. The van der Waals surface area contributed by atoms with Crippen molar-refractivity contribution in [2.75, 3.05) is 0 Å². The van der Waals surface area contributed by atoms with Crippen molar-refractivity contribution in [1.82, 2.24) is 0 Å². The summed E-state index contributed by atoms with van der Waals surface area (Å²) in [5.41, 5.74) is 0. The molecule has 48 valence electrons. The molecule has 0 aromatic rings. The second-order valence-corrected chi connectivity index (χ2v) is 0. The van der Waals surface area contributed by atoms with Crippen LogP contribution in [0.2, 0.25) is 0 Å². The molecular weight excluding hydrogens is 1080 g/mol. The molecule has 0 aliphatic rings. The molecule has 0 saturated heterocycles. The molecule has 0 atom stereocenters. The maximum Gasteiger partial charge on any atom is 3.00 e. The van der Waals surface area contributed by atoms with Gasteiger partial charge >= 0.3 is 81.7 Å². The van der Waals surface area contributed by atoms with Gasteiger partial charge in [-0.3, -0.25) is 0 Å². The Kier molecular flexibility index (Phi) is 581. The van der Waals surface area contributed by atoms with Gasteiger partial charge in [-0.05, 0) is 0 Å². The number of rotatable bonds is 0. The zero-order chi connectivity index (χ0) is 0. The van der Waals surface area contributed by atoms with Crippen molar-refractivity contribution in [2.45, 2.75) is 0 Å². The van der Waals surface area contributed by atoms with Gasteiger partial charge in [-0.1, -0.05) is 0 Å². The van der Waals surface area contributed by atoms with Crippen molar-refractivity contribution >= 4 is 0 Å². The SMILES string of the molecule is [Ce].[Ce].[La].[La].[Nd+3].[Nd+3].[O-2].[O-2].[O-2].[Zr].[Zr]. The van der Waals surface area contributed by atoms with Crippen molar-refractivity contribution in [2.24, 2.45) is 0 Å². The summed E-state index contributed by atoms with van der Waals surface area (Å²) in [4.78, 5) is 0. The van der Waals surface area contributed by atoms with Crippen LogP contribution >= 0.6 is 0 Å². The number of hydrogen-bond acceptors (Lipinski definition) is 0. The number of hydrogen-bond donors (Lipinski definition) is 0. The zero-order valence-electron chi connectivity index (χ0n) is 5.38. The van der Waals surface area contributed by atoms with Crippen LogP contribution < -0.4 is 0 Å². The third kappa shape index (κ3) is 66.2. The van der Waals surface area contributed by atoms with Crippen molar-refractivity contribution < 1.29 is 305 Å². The van der Waals surface area contributed by atoms with E-state index in [1.54, 1.807) is 0 Å². The minimum Gasteiger partial charge on any atom is -2.00 e. The largest absolute Gasteiger partial charge is 3.00 e. The van der Waals surface area contributed by atoms with E-state index in [-0.39, 0.29) is 305 Å². The first-order chi connectivity index (χ1) is 0. The quantitative estimate of drug-likeness (QED) is 0.318. The Hall–Kier alpha value is 9.49. The van der Waals surface area contributed by atoms with Crippen LogP contribution in [0.25, 0.3) is 0 Å². The third-order valence-electron chi connectivity index (χ3n) is 0. The molecule has 0 aromatic carbocycles. The molecule has 0 saturated carbocycles. The smallest absolute Gasteiger partial charge is 2.00 e. The van der Waals surface area contributed by atoms with Gasteiger partial charge in [-0.2, -0.15) is 0 Å². The normalized spacial score (nSPS) is 0. The molecule has 11 heteroatoms. The third-order valence-corrected chi connectivity index (χ3v) is 0. The predicted octanol–water partition coefficient (Wildman–Crippen LogP) is -0.361. The van der Waals surface area contributed by atoms with Gasteiger partial charge < -0.3 is 16.4 Å². The van der Waals surface area contributed by atoms with Gasteiger partial charge in [0.1, 0.15) is 0 Å². The molecule has 0 fully saturated rings. The fourth-order valence-corrected chi connectivity index (χ4v) is 0. The van der Waals surface area contributed by atoms with Crippen LogP contribution in [-0.2, 0) is 68.8 Å². The standard InChI is InChI=1S/2Ce.2La.2Nd.3O.2Zr/q;;;;2*+3;3*-2;;. The van der Waals surface area contributed by atoms with Gasteiger partial charge in [-0.15, -0.1) is 0 Å². The van der Waals surface area contributed by atoms with Crippen molar-refractivity contribution in [3.63, 3.8) is 0 Å². The summed E-state index contributed by atoms with van der Waals surface area (Å²) in [5, 5.41) is 0. The Labute approximate surface area is 294 Å². The van der Waals surface area contributed by atoms with E-state index in [1.807, 2.05) is 0 Å². The molecule has 0 rings (SSSR count). The molecule has 4 radical (unpaired) electrons. The van der Waals surface area contributed by atoms with E-state index in [0.29, 0.717) is 0 Å². The molecule has 0 amide bonds. The second kappa shape index (κ2) is 74.0. The summed E-state index contributed by atoms with van der Waals surface area (Å²) in [6.07, 6.45) is 0. The van der Waals surface area contributed by atoms with Gasteiger partial charge in [0.2, 0.25) is 0 Å². The second-order valence-electron chi connectivity index (χ2n) is 0. The van der Waals surface area contributed by atoms with E-state index in [9.17, 15) is 0 Å². The van der Waals surface area contributed by atoms with Crippen LogP contribution in [-0.4, -0.2) is 0 Å². The molecule has 0 spiro atoms. The first-order valence-electron chi connectivity index (χ1n) is 0.